The fourth-order valence-corrected chi connectivity index (χ4v) is 6.07. The van der Waals surface area contributed by atoms with E-state index in [1.807, 2.05) is 35.2 Å². The number of imidazole rings is 1. The van der Waals surface area contributed by atoms with Crippen molar-refractivity contribution in [1.82, 2.24) is 19.4 Å². The van der Waals surface area contributed by atoms with Crippen molar-refractivity contribution in [3.05, 3.63) is 71.9 Å². The largest absolute Gasteiger partial charge is 0.440 e. The lowest BCUT2D eigenvalue weighted by Gasteiger charge is -2.30. The van der Waals surface area contributed by atoms with Crippen LogP contribution in [0.25, 0.3) is 16.8 Å². The molecule has 0 unspecified atom stereocenters. The van der Waals surface area contributed by atoms with Crippen LogP contribution in [-0.4, -0.2) is 44.2 Å². The number of likely N-dealkylation sites (tertiary alicyclic amines) is 1. The van der Waals surface area contributed by atoms with E-state index in [2.05, 4.69) is 33.8 Å². The van der Waals surface area contributed by atoms with Gasteiger partial charge in [0, 0.05) is 30.4 Å². The Kier molecular flexibility index (Phi) is 5.87. The second kappa shape index (κ2) is 9.29. The van der Waals surface area contributed by atoms with E-state index >= 15 is 0 Å². The lowest BCUT2D eigenvalue weighted by atomic mass is 9.97. The number of rotatable bonds is 5. The Balaban J connectivity index is 1.12. The van der Waals surface area contributed by atoms with Crippen LogP contribution in [0.15, 0.2) is 64.2 Å². The maximum atomic E-state index is 13.1. The molecule has 1 aliphatic carbocycles. The first-order valence-corrected chi connectivity index (χ1v) is 13.2. The number of thioether (sulfide) groups is 1. The average Bonchev–Trinajstić information content (AvgIpc) is 3.49. The molecule has 0 atom stereocenters. The van der Waals surface area contributed by atoms with E-state index in [9.17, 15) is 4.79 Å². The molecule has 1 saturated heterocycles. The van der Waals surface area contributed by atoms with Gasteiger partial charge in [0.2, 0.25) is 5.91 Å². The number of hydrogen-bond donors (Lipinski definition) is 0. The third-order valence-corrected chi connectivity index (χ3v) is 7.87. The van der Waals surface area contributed by atoms with Gasteiger partial charge in [0.05, 0.1) is 11.4 Å². The van der Waals surface area contributed by atoms with Gasteiger partial charge in [-0.2, -0.15) is 0 Å². The molecule has 0 saturated carbocycles. The number of aryl methyl sites for hydroxylation is 1. The number of hydrogen-bond acceptors (Lipinski definition) is 5. The predicted octanol–water partition coefficient (Wildman–Crippen LogP) is 5.39. The van der Waals surface area contributed by atoms with Gasteiger partial charge >= 0.3 is 0 Å². The Morgan fingerprint density at radius 1 is 0.971 bits per heavy atom. The number of oxazole rings is 1. The monoisotopic (exact) mass is 472 g/mol. The SMILES string of the molecule is O=C(CSc1nc2c(n1-c1ccccc1)CCCC2)N1CCC(c2nc3ccccc3o2)CC1. The molecule has 0 bridgehead atoms. The number of fused-ring (bicyclic) bond motifs is 2. The molecule has 4 aromatic rings. The zero-order valence-electron chi connectivity index (χ0n) is 19.2. The third kappa shape index (κ3) is 4.13. The molecule has 34 heavy (non-hydrogen) atoms. The quantitative estimate of drug-likeness (QED) is 0.364. The van der Waals surface area contributed by atoms with Crippen molar-refractivity contribution in [2.45, 2.75) is 49.6 Å². The maximum Gasteiger partial charge on any atom is 0.233 e. The van der Waals surface area contributed by atoms with Gasteiger partial charge < -0.3 is 9.32 Å². The van der Waals surface area contributed by atoms with Gasteiger partial charge in [0.1, 0.15) is 5.52 Å². The topological polar surface area (TPSA) is 64.2 Å². The molecular formula is C27H28N4O2S. The Morgan fingerprint density at radius 2 is 1.74 bits per heavy atom. The summed E-state index contributed by atoms with van der Waals surface area (Å²) in [5.74, 6) is 1.67. The smallest absolute Gasteiger partial charge is 0.233 e. The van der Waals surface area contributed by atoms with Gasteiger partial charge in [-0.25, -0.2) is 9.97 Å². The molecule has 1 amide bonds. The fraction of sp³-hybridized carbons (Fsp3) is 0.370. The number of benzene rings is 2. The maximum absolute atomic E-state index is 13.1. The Morgan fingerprint density at radius 3 is 2.56 bits per heavy atom. The van der Waals surface area contributed by atoms with Gasteiger partial charge in [-0.3, -0.25) is 9.36 Å². The van der Waals surface area contributed by atoms with Crippen LogP contribution in [0.5, 0.6) is 0 Å². The second-order valence-corrected chi connectivity index (χ2v) is 10.1. The number of amides is 1. The highest BCUT2D eigenvalue weighted by molar-refractivity contribution is 7.99. The molecule has 6 rings (SSSR count). The predicted molar refractivity (Wildman–Crippen MR) is 133 cm³/mol. The summed E-state index contributed by atoms with van der Waals surface area (Å²) in [6, 6.07) is 18.3. The molecule has 2 aromatic carbocycles. The molecular weight excluding hydrogens is 444 g/mol. The number of nitrogens with zero attached hydrogens (tertiary/aromatic N) is 4. The number of carbonyl (C=O) groups is 1. The number of para-hydroxylation sites is 3. The van der Waals surface area contributed by atoms with Gasteiger partial charge in [0.15, 0.2) is 16.6 Å². The van der Waals surface area contributed by atoms with Gasteiger partial charge in [-0.1, -0.05) is 42.1 Å². The third-order valence-electron chi connectivity index (χ3n) is 6.95. The van der Waals surface area contributed by atoms with Crippen LogP contribution in [0.1, 0.15) is 48.9 Å². The lowest BCUT2D eigenvalue weighted by Crippen LogP contribution is -2.39. The molecule has 1 aliphatic heterocycles. The molecule has 174 valence electrons. The van der Waals surface area contributed by atoms with E-state index in [0.29, 0.717) is 5.75 Å². The molecule has 0 radical (unpaired) electrons. The summed E-state index contributed by atoms with van der Waals surface area (Å²) in [7, 11) is 0. The van der Waals surface area contributed by atoms with Crippen LogP contribution in [0.2, 0.25) is 0 Å². The van der Waals surface area contributed by atoms with Crippen molar-refractivity contribution in [3.63, 3.8) is 0 Å². The normalized spacial score (nSPS) is 16.6. The van der Waals surface area contributed by atoms with Gasteiger partial charge in [-0.05, 0) is 62.8 Å². The number of carbonyl (C=O) groups excluding carboxylic acids is 1. The van der Waals surface area contributed by atoms with Crippen molar-refractivity contribution in [1.29, 1.82) is 0 Å². The summed E-state index contributed by atoms with van der Waals surface area (Å²) in [6.45, 7) is 1.48. The van der Waals surface area contributed by atoms with E-state index in [-0.39, 0.29) is 11.8 Å². The first-order valence-electron chi connectivity index (χ1n) is 12.2. The molecule has 0 N–H and O–H groups in total. The summed E-state index contributed by atoms with van der Waals surface area (Å²) in [4.78, 5) is 24.7. The second-order valence-electron chi connectivity index (χ2n) is 9.13. The summed E-state index contributed by atoms with van der Waals surface area (Å²) in [5.41, 5.74) is 5.39. The molecule has 7 heteroatoms. The summed E-state index contributed by atoms with van der Waals surface area (Å²) in [6.07, 6.45) is 6.24. The summed E-state index contributed by atoms with van der Waals surface area (Å²) < 4.78 is 8.24. The van der Waals surface area contributed by atoms with Crippen molar-refractivity contribution in [3.8, 4) is 5.69 Å². The molecule has 2 aliphatic rings. The van der Waals surface area contributed by atoms with Crippen LogP contribution in [0.3, 0.4) is 0 Å². The van der Waals surface area contributed by atoms with Crippen molar-refractivity contribution >= 4 is 28.8 Å². The minimum atomic E-state index is 0.182. The molecule has 1 fully saturated rings. The van der Waals surface area contributed by atoms with Crippen LogP contribution >= 0.6 is 11.8 Å². The van der Waals surface area contributed by atoms with Crippen molar-refractivity contribution in [2.75, 3.05) is 18.8 Å². The van der Waals surface area contributed by atoms with Gasteiger partial charge in [-0.15, -0.1) is 0 Å². The minimum absolute atomic E-state index is 0.182. The number of aromatic nitrogens is 3. The van der Waals surface area contributed by atoms with Crippen LogP contribution < -0.4 is 0 Å². The average molecular weight is 473 g/mol. The fourth-order valence-electron chi connectivity index (χ4n) is 5.11. The molecule has 6 nitrogen and oxygen atoms in total. The first kappa shape index (κ1) is 21.5. The van der Waals surface area contributed by atoms with E-state index in [4.69, 9.17) is 9.40 Å². The first-order chi connectivity index (χ1) is 16.8. The van der Waals surface area contributed by atoms with Crippen molar-refractivity contribution in [2.24, 2.45) is 0 Å². The zero-order valence-corrected chi connectivity index (χ0v) is 20.0. The zero-order chi connectivity index (χ0) is 22.9. The number of piperidine rings is 1. The highest BCUT2D eigenvalue weighted by atomic mass is 32.2. The van der Waals surface area contributed by atoms with Crippen LogP contribution in [-0.2, 0) is 17.6 Å². The Bertz CT molecular complexity index is 1270. The van der Waals surface area contributed by atoms with Gasteiger partial charge in [0.25, 0.3) is 0 Å². The van der Waals surface area contributed by atoms with E-state index in [0.717, 1.165) is 66.6 Å². The van der Waals surface area contributed by atoms with E-state index < -0.39 is 0 Å². The Labute approximate surface area is 203 Å². The highest BCUT2D eigenvalue weighted by Crippen LogP contribution is 2.32. The summed E-state index contributed by atoms with van der Waals surface area (Å²) >= 11 is 1.57. The van der Waals surface area contributed by atoms with Crippen LogP contribution in [0.4, 0.5) is 0 Å². The highest BCUT2D eigenvalue weighted by Gasteiger charge is 2.28. The van der Waals surface area contributed by atoms with Crippen LogP contribution in [0, 0.1) is 0 Å². The summed E-state index contributed by atoms with van der Waals surface area (Å²) in [5, 5.41) is 0.938. The van der Waals surface area contributed by atoms with E-state index in [1.54, 1.807) is 11.8 Å². The molecule has 2 aromatic heterocycles. The molecule has 3 heterocycles. The molecule has 0 spiro atoms. The standard InChI is InChI=1S/C27H28N4O2S/c32-25(30-16-14-19(15-17-30)26-28-22-11-5-7-13-24(22)33-26)18-34-27-29-21-10-4-6-12-23(21)31(27)20-8-2-1-3-9-20/h1-3,5,7-9,11,13,19H,4,6,10,12,14-18H2. The van der Waals surface area contributed by atoms with Crippen molar-refractivity contribution < 1.29 is 9.21 Å². The van der Waals surface area contributed by atoms with E-state index in [1.165, 1.54) is 24.2 Å². The Hall–Kier alpha value is -3.06. The minimum Gasteiger partial charge on any atom is -0.440 e. The lowest BCUT2D eigenvalue weighted by molar-refractivity contribution is -0.129.